The van der Waals surface area contributed by atoms with E-state index in [0.717, 1.165) is 25.4 Å². The van der Waals surface area contributed by atoms with E-state index in [1.54, 1.807) is 0 Å². The van der Waals surface area contributed by atoms with Crippen molar-refractivity contribution < 1.29 is 9.47 Å². The van der Waals surface area contributed by atoms with Crippen LogP contribution >= 0.6 is 24.0 Å². The molecule has 4 aliphatic rings. The van der Waals surface area contributed by atoms with Gasteiger partial charge in [0.1, 0.15) is 0 Å². The molecule has 2 saturated heterocycles. The van der Waals surface area contributed by atoms with E-state index in [4.69, 9.17) is 9.47 Å². The number of fused-ring (bicyclic) bond motifs is 2. The third kappa shape index (κ3) is 2.99. The SMILES string of the molecule is CCOC1CC(NC(=NC)NC2CC3CCC2O3)C12CCC2.I. The van der Waals surface area contributed by atoms with Crippen LogP contribution in [0.4, 0.5) is 0 Å². The van der Waals surface area contributed by atoms with Crippen LogP contribution in [0.25, 0.3) is 0 Å². The zero-order valence-corrected chi connectivity index (χ0v) is 16.5. The zero-order chi connectivity index (χ0) is 15.2. The maximum Gasteiger partial charge on any atom is 0.191 e. The average molecular weight is 435 g/mol. The van der Waals surface area contributed by atoms with Crippen LogP contribution in [0.15, 0.2) is 4.99 Å². The molecule has 0 aromatic carbocycles. The van der Waals surface area contributed by atoms with Gasteiger partial charge in [0.05, 0.1) is 24.4 Å². The van der Waals surface area contributed by atoms with E-state index in [-0.39, 0.29) is 24.0 Å². The number of guanidine groups is 1. The standard InChI is InChI=1S/C17H29N3O2.HI/c1-3-21-15-10-14(17(15)7-4-8-17)20-16(18-2)19-12-9-11-5-6-13(12)22-11;/h11-15H,3-10H2,1-2H3,(H2,18,19,20);1H. The molecule has 4 rings (SSSR count). The molecule has 2 saturated carbocycles. The largest absolute Gasteiger partial charge is 0.378 e. The fourth-order valence-corrected chi connectivity index (χ4v) is 4.94. The second-order valence-electron chi connectivity index (χ2n) is 7.40. The number of halogens is 1. The molecular weight excluding hydrogens is 405 g/mol. The van der Waals surface area contributed by atoms with E-state index >= 15 is 0 Å². The molecule has 0 aromatic rings. The lowest BCUT2D eigenvalue weighted by Crippen LogP contribution is -2.69. The molecule has 132 valence electrons. The lowest BCUT2D eigenvalue weighted by atomic mass is 9.51. The lowest BCUT2D eigenvalue weighted by Gasteiger charge is -2.61. The summed E-state index contributed by atoms with van der Waals surface area (Å²) in [6.45, 7) is 2.93. The molecule has 4 fully saturated rings. The summed E-state index contributed by atoms with van der Waals surface area (Å²) in [4.78, 5) is 4.45. The highest BCUT2D eigenvalue weighted by molar-refractivity contribution is 14.0. The Morgan fingerprint density at radius 1 is 1.26 bits per heavy atom. The Balaban J connectivity index is 0.00000156. The molecule has 2 N–H and O–H groups in total. The third-order valence-corrected chi connectivity index (χ3v) is 6.40. The van der Waals surface area contributed by atoms with E-state index in [2.05, 4.69) is 22.5 Å². The van der Waals surface area contributed by atoms with Crippen molar-refractivity contribution in [2.24, 2.45) is 10.4 Å². The molecule has 2 bridgehead atoms. The number of ether oxygens (including phenoxy) is 2. The van der Waals surface area contributed by atoms with E-state index in [9.17, 15) is 0 Å². The van der Waals surface area contributed by atoms with Crippen LogP contribution in [-0.2, 0) is 9.47 Å². The number of hydrogen-bond donors (Lipinski definition) is 2. The Kier molecular flexibility index (Phi) is 5.43. The first-order chi connectivity index (χ1) is 10.7. The molecule has 0 amide bonds. The van der Waals surface area contributed by atoms with Crippen molar-refractivity contribution >= 4 is 29.9 Å². The summed E-state index contributed by atoms with van der Waals surface area (Å²) >= 11 is 0. The third-order valence-electron chi connectivity index (χ3n) is 6.40. The van der Waals surface area contributed by atoms with Gasteiger partial charge in [-0.05, 0) is 45.4 Å². The summed E-state index contributed by atoms with van der Waals surface area (Å²) in [6.07, 6.45) is 9.91. The van der Waals surface area contributed by atoms with Crippen molar-refractivity contribution in [3.05, 3.63) is 0 Å². The van der Waals surface area contributed by atoms with Crippen LogP contribution in [0.2, 0.25) is 0 Å². The summed E-state index contributed by atoms with van der Waals surface area (Å²) in [6, 6.07) is 0.952. The van der Waals surface area contributed by atoms with Crippen molar-refractivity contribution in [2.75, 3.05) is 13.7 Å². The van der Waals surface area contributed by atoms with Crippen LogP contribution in [-0.4, -0.2) is 50.0 Å². The Morgan fingerprint density at radius 3 is 2.61 bits per heavy atom. The minimum Gasteiger partial charge on any atom is -0.378 e. The number of hydrogen-bond acceptors (Lipinski definition) is 3. The minimum absolute atomic E-state index is 0. The Hall–Kier alpha value is -0.0800. The van der Waals surface area contributed by atoms with Gasteiger partial charge in [-0.2, -0.15) is 0 Å². The molecule has 5 atom stereocenters. The topological polar surface area (TPSA) is 54.9 Å². The van der Waals surface area contributed by atoms with Gasteiger partial charge >= 0.3 is 0 Å². The molecule has 5 nitrogen and oxygen atoms in total. The number of aliphatic imine (C=N–C) groups is 1. The first-order valence-electron chi connectivity index (χ1n) is 9.02. The maximum atomic E-state index is 5.93. The van der Waals surface area contributed by atoms with Gasteiger partial charge in [-0.25, -0.2) is 0 Å². The summed E-state index contributed by atoms with van der Waals surface area (Å²) in [5, 5.41) is 7.28. The molecule has 0 aromatic heterocycles. The van der Waals surface area contributed by atoms with Gasteiger partial charge in [0.15, 0.2) is 5.96 Å². The molecule has 5 unspecified atom stereocenters. The molecule has 2 heterocycles. The number of nitrogens with zero attached hydrogens (tertiary/aromatic N) is 1. The molecule has 6 heteroatoms. The smallest absolute Gasteiger partial charge is 0.191 e. The average Bonchev–Trinajstić information content (AvgIpc) is 3.05. The molecule has 2 aliphatic carbocycles. The second-order valence-corrected chi connectivity index (χ2v) is 7.40. The van der Waals surface area contributed by atoms with Gasteiger partial charge < -0.3 is 20.1 Å². The lowest BCUT2D eigenvalue weighted by molar-refractivity contribution is -0.168. The van der Waals surface area contributed by atoms with Crippen LogP contribution in [0, 0.1) is 5.41 Å². The Morgan fingerprint density at radius 2 is 2.09 bits per heavy atom. The highest BCUT2D eigenvalue weighted by Gasteiger charge is 2.59. The van der Waals surface area contributed by atoms with Gasteiger partial charge in [0.2, 0.25) is 0 Å². The summed E-state index contributed by atoms with van der Waals surface area (Å²) < 4.78 is 11.9. The first-order valence-corrected chi connectivity index (χ1v) is 9.02. The number of nitrogens with one attached hydrogen (secondary N) is 2. The molecule has 1 spiro atoms. The van der Waals surface area contributed by atoms with Gasteiger partial charge in [-0.15, -0.1) is 24.0 Å². The van der Waals surface area contributed by atoms with E-state index < -0.39 is 0 Å². The van der Waals surface area contributed by atoms with Gasteiger partial charge in [-0.3, -0.25) is 4.99 Å². The predicted molar refractivity (Wildman–Crippen MR) is 101 cm³/mol. The Bertz CT molecular complexity index is 455. The molecule has 2 aliphatic heterocycles. The minimum atomic E-state index is 0. The summed E-state index contributed by atoms with van der Waals surface area (Å²) in [5.74, 6) is 0.951. The van der Waals surface area contributed by atoms with Gasteiger partial charge in [0.25, 0.3) is 0 Å². The fourth-order valence-electron chi connectivity index (χ4n) is 4.94. The maximum absolute atomic E-state index is 5.93. The molecular formula is C17H30IN3O2. The number of rotatable bonds is 4. The first kappa shape index (κ1) is 17.7. The van der Waals surface area contributed by atoms with Crippen molar-refractivity contribution in [1.82, 2.24) is 10.6 Å². The monoisotopic (exact) mass is 435 g/mol. The summed E-state index contributed by atoms with van der Waals surface area (Å²) in [7, 11) is 1.87. The molecule has 0 radical (unpaired) electrons. The predicted octanol–water partition coefficient (Wildman–Crippen LogP) is 2.44. The van der Waals surface area contributed by atoms with E-state index in [1.165, 1.54) is 32.1 Å². The fraction of sp³-hybridized carbons (Fsp3) is 0.941. The normalized spacial score (nSPS) is 40.3. The van der Waals surface area contributed by atoms with E-state index in [0.29, 0.717) is 35.8 Å². The van der Waals surface area contributed by atoms with Gasteiger partial charge in [-0.1, -0.05) is 6.42 Å². The van der Waals surface area contributed by atoms with Crippen molar-refractivity contribution in [3.63, 3.8) is 0 Å². The summed E-state index contributed by atoms with van der Waals surface area (Å²) in [5.41, 5.74) is 0.374. The Labute approximate surface area is 156 Å². The second kappa shape index (κ2) is 7.04. The van der Waals surface area contributed by atoms with Crippen LogP contribution in [0.5, 0.6) is 0 Å². The van der Waals surface area contributed by atoms with Crippen molar-refractivity contribution in [3.8, 4) is 0 Å². The zero-order valence-electron chi connectivity index (χ0n) is 14.2. The highest BCUT2D eigenvalue weighted by atomic mass is 127. The van der Waals surface area contributed by atoms with Gasteiger partial charge in [0, 0.05) is 25.1 Å². The quantitative estimate of drug-likeness (QED) is 0.405. The molecule has 23 heavy (non-hydrogen) atoms. The van der Waals surface area contributed by atoms with E-state index in [1.807, 2.05) is 7.05 Å². The highest BCUT2D eigenvalue weighted by Crippen LogP contribution is 2.57. The van der Waals surface area contributed by atoms with Crippen LogP contribution in [0.3, 0.4) is 0 Å². The van der Waals surface area contributed by atoms with Crippen LogP contribution in [0.1, 0.15) is 51.9 Å². The van der Waals surface area contributed by atoms with Crippen LogP contribution < -0.4 is 10.6 Å². The van der Waals surface area contributed by atoms with Crippen molar-refractivity contribution in [2.45, 2.75) is 82.3 Å². The van der Waals surface area contributed by atoms with Crippen molar-refractivity contribution in [1.29, 1.82) is 0 Å².